The number of rotatable bonds is 5. The van der Waals surface area contributed by atoms with Crippen molar-refractivity contribution in [2.75, 3.05) is 6.61 Å². The number of hydrogen-bond donors (Lipinski definition) is 1. The molecule has 3 heteroatoms. The fraction of sp³-hybridized carbons (Fsp3) is 0.533. The molecule has 96 valence electrons. The first-order valence-corrected chi connectivity index (χ1v) is 6.35. The largest absolute Gasteiger partial charge is 0.493 e. The van der Waals surface area contributed by atoms with Crippen LogP contribution in [0.5, 0.6) is 5.75 Å². The van der Waals surface area contributed by atoms with Gasteiger partial charge in [-0.2, -0.15) is 5.26 Å². The van der Waals surface area contributed by atoms with Crippen LogP contribution >= 0.6 is 0 Å². The van der Waals surface area contributed by atoms with Crippen LogP contribution in [0.1, 0.15) is 43.4 Å². The van der Waals surface area contributed by atoms with Gasteiger partial charge in [0.05, 0.1) is 18.8 Å². The van der Waals surface area contributed by atoms with Gasteiger partial charge in [0.2, 0.25) is 0 Å². The second-order valence-corrected chi connectivity index (χ2v) is 5.32. The van der Waals surface area contributed by atoms with E-state index < -0.39 is 6.10 Å². The molecule has 1 aliphatic carbocycles. The van der Waals surface area contributed by atoms with E-state index in [-0.39, 0.29) is 5.41 Å². The highest BCUT2D eigenvalue weighted by Crippen LogP contribution is 2.48. The van der Waals surface area contributed by atoms with Crippen molar-refractivity contribution in [2.45, 2.75) is 39.2 Å². The SMILES string of the molecule is Cc1cc([C@H](C)O)ccc1OCC1(CC#N)CC1. The van der Waals surface area contributed by atoms with Crippen molar-refractivity contribution in [1.29, 1.82) is 5.26 Å². The molecule has 1 aliphatic rings. The smallest absolute Gasteiger partial charge is 0.122 e. The van der Waals surface area contributed by atoms with Crippen LogP contribution in [0.3, 0.4) is 0 Å². The summed E-state index contributed by atoms with van der Waals surface area (Å²) in [6.07, 6.45) is 2.31. The Kier molecular flexibility index (Phi) is 3.58. The highest BCUT2D eigenvalue weighted by atomic mass is 16.5. The van der Waals surface area contributed by atoms with E-state index in [0.29, 0.717) is 13.0 Å². The number of aryl methyl sites for hydroxylation is 1. The first-order valence-electron chi connectivity index (χ1n) is 6.35. The molecule has 3 nitrogen and oxygen atoms in total. The summed E-state index contributed by atoms with van der Waals surface area (Å²) in [7, 11) is 0. The minimum atomic E-state index is -0.453. The van der Waals surface area contributed by atoms with Gasteiger partial charge in [-0.3, -0.25) is 0 Å². The Morgan fingerprint density at radius 1 is 1.50 bits per heavy atom. The summed E-state index contributed by atoms with van der Waals surface area (Å²) < 4.78 is 5.82. The van der Waals surface area contributed by atoms with Crippen LogP contribution < -0.4 is 4.74 Å². The summed E-state index contributed by atoms with van der Waals surface area (Å²) in [5.74, 6) is 0.851. The Morgan fingerprint density at radius 2 is 2.22 bits per heavy atom. The van der Waals surface area contributed by atoms with Gasteiger partial charge >= 0.3 is 0 Å². The van der Waals surface area contributed by atoms with Gasteiger partial charge in [0, 0.05) is 11.8 Å². The van der Waals surface area contributed by atoms with E-state index >= 15 is 0 Å². The molecule has 0 unspecified atom stereocenters. The number of benzene rings is 1. The molecule has 1 aromatic carbocycles. The standard InChI is InChI=1S/C15H19NO2/c1-11-9-13(12(2)17)3-4-14(11)18-10-15(5-6-15)7-8-16/h3-4,9,12,17H,5-7,10H2,1-2H3/t12-/m0/s1. The summed E-state index contributed by atoms with van der Waals surface area (Å²) in [6.45, 7) is 4.35. The van der Waals surface area contributed by atoms with Gasteiger partial charge in [0.25, 0.3) is 0 Å². The molecule has 1 N–H and O–H groups in total. The summed E-state index contributed by atoms with van der Waals surface area (Å²) >= 11 is 0. The molecule has 1 atom stereocenters. The zero-order chi connectivity index (χ0) is 13.2. The summed E-state index contributed by atoms with van der Waals surface area (Å²) in [5, 5.41) is 18.3. The zero-order valence-corrected chi connectivity index (χ0v) is 10.9. The number of ether oxygens (including phenoxy) is 1. The van der Waals surface area contributed by atoms with Crippen molar-refractivity contribution >= 4 is 0 Å². The maximum atomic E-state index is 9.50. The van der Waals surface area contributed by atoms with Gasteiger partial charge in [-0.15, -0.1) is 0 Å². The monoisotopic (exact) mass is 245 g/mol. The van der Waals surface area contributed by atoms with E-state index in [1.54, 1.807) is 6.92 Å². The normalized spacial score (nSPS) is 17.9. The topological polar surface area (TPSA) is 53.2 Å². The Bertz CT molecular complexity index is 470. The minimum Gasteiger partial charge on any atom is -0.493 e. The quantitative estimate of drug-likeness (QED) is 0.867. The average Bonchev–Trinajstić information content (AvgIpc) is 3.08. The molecular formula is C15H19NO2. The van der Waals surface area contributed by atoms with E-state index in [1.807, 2.05) is 25.1 Å². The first kappa shape index (κ1) is 12.9. The second kappa shape index (κ2) is 4.99. The lowest BCUT2D eigenvalue weighted by atomic mass is 10.0. The molecular weight excluding hydrogens is 226 g/mol. The van der Waals surface area contributed by atoms with Crippen LogP contribution in [0, 0.1) is 23.7 Å². The fourth-order valence-corrected chi connectivity index (χ4v) is 2.04. The van der Waals surface area contributed by atoms with E-state index in [2.05, 4.69) is 6.07 Å². The van der Waals surface area contributed by atoms with E-state index in [9.17, 15) is 5.11 Å². The van der Waals surface area contributed by atoms with Crippen LogP contribution in [0.4, 0.5) is 0 Å². The first-order chi connectivity index (χ1) is 8.56. The predicted molar refractivity (Wildman–Crippen MR) is 69.2 cm³/mol. The van der Waals surface area contributed by atoms with Gasteiger partial charge in [0.1, 0.15) is 5.75 Å². The maximum absolute atomic E-state index is 9.50. The molecule has 1 aromatic rings. The lowest BCUT2D eigenvalue weighted by Gasteiger charge is -2.15. The molecule has 1 fully saturated rings. The number of nitriles is 1. The highest BCUT2D eigenvalue weighted by molar-refractivity contribution is 5.37. The number of nitrogens with zero attached hydrogens (tertiary/aromatic N) is 1. The third-order valence-electron chi connectivity index (χ3n) is 3.63. The fourth-order valence-electron chi connectivity index (χ4n) is 2.04. The summed E-state index contributed by atoms with van der Waals surface area (Å²) in [4.78, 5) is 0. The molecule has 0 saturated heterocycles. The second-order valence-electron chi connectivity index (χ2n) is 5.32. The van der Waals surface area contributed by atoms with Crippen LogP contribution in [0.25, 0.3) is 0 Å². The number of aliphatic hydroxyl groups excluding tert-OH is 1. The molecule has 1 saturated carbocycles. The van der Waals surface area contributed by atoms with E-state index in [0.717, 1.165) is 29.7 Å². The van der Waals surface area contributed by atoms with Crippen molar-refractivity contribution in [2.24, 2.45) is 5.41 Å². The van der Waals surface area contributed by atoms with Gasteiger partial charge in [-0.1, -0.05) is 6.07 Å². The molecule has 0 aromatic heterocycles. The van der Waals surface area contributed by atoms with Gasteiger partial charge < -0.3 is 9.84 Å². The van der Waals surface area contributed by atoms with E-state index in [4.69, 9.17) is 10.00 Å². The highest BCUT2D eigenvalue weighted by Gasteiger charge is 2.43. The van der Waals surface area contributed by atoms with Crippen LogP contribution in [-0.2, 0) is 0 Å². The molecule has 0 bridgehead atoms. The number of hydrogen-bond acceptors (Lipinski definition) is 3. The average molecular weight is 245 g/mol. The maximum Gasteiger partial charge on any atom is 0.122 e. The van der Waals surface area contributed by atoms with Crippen molar-refractivity contribution in [3.8, 4) is 11.8 Å². The summed E-state index contributed by atoms with van der Waals surface area (Å²) in [5.41, 5.74) is 2.03. The van der Waals surface area contributed by atoms with Crippen LogP contribution in [0.15, 0.2) is 18.2 Å². The molecule has 0 radical (unpaired) electrons. The predicted octanol–water partition coefficient (Wildman–Crippen LogP) is 3.12. The van der Waals surface area contributed by atoms with Crippen molar-refractivity contribution in [3.05, 3.63) is 29.3 Å². The lowest BCUT2D eigenvalue weighted by Crippen LogP contribution is -2.13. The molecule has 0 amide bonds. The third kappa shape index (κ3) is 2.83. The lowest BCUT2D eigenvalue weighted by molar-refractivity contribution is 0.198. The minimum absolute atomic E-state index is 0.101. The van der Waals surface area contributed by atoms with Gasteiger partial charge in [-0.05, 0) is 49.9 Å². The number of aliphatic hydroxyl groups is 1. The Balaban J connectivity index is 2.00. The van der Waals surface area contributed by atoms with Crippen molar-refractivity contribution in [3.63, 3.8) is 0 Å². The van der Waals surface area contributed by atoms with Crippen LogP contribution in [0.2, 0.25) is 0 Å². The summed E-state index contributed by atoms with van der Waals surface area (Å²) in [6, 6.07) is 7.97. The molecule has 0 heterocycles. The molecule has 2 rings (SSSR count). The molecule has 18 heavy (non-hydrogen) atoms. The van der Waals surface area contributed by atoms with Gasteiger partial charge in [0.15, 0.2) is 0 Å². The molecule has 0 spiro atoms. The molecule has 0 aliphatic heterocycles. The Hall–Kier alpha value is -1.53. The Morgan fingerprint density at radius 3 is 2.72 bits per heavy atom. The zero-order valence-electron chi connectivity index (χ0n) is 10.9. The van der Waals surface area contributed by atoms with Crippen molar-refractivity contribution < 1.29 is 9.84 Å². The third-order valence-corrected chi connectivity index (χ3v) is 3.63. The van der Waals surface area contributed by atoms with Gasteiger partial charge in [-0.25, -0.2) is 0 Å². The van der Waals surface area contributed by atoms with Crippen molar-refractivity contribution in [1.82, 2.24) is 0 Å². The Labute approximate surface area is 108 Å². The van der Waals surface area contributed by atoms with Crippen LogP contribution in [-0.4, -0.2) is 11.7 Å². The van der Waals surface area contributed by atoms with E-state index in [1.165, 1.54) is 0 Å².